The smallest absolute Gasteiger partial charge is 0.322 e. The highest BCUT2D eigenvalue weighted by atomic mass is 79.9. The summed E-state index contributed by atoms with van der Waals surface area (Å²) in [7, 11) is 3.32. The first-order valence-corrected chi connectivity index (χ1v) is 6.23. The van der Waals surface area contributed by atoms with Gasteiger partial charge in [-0.15, -0.1) is 11.3 Å². The van der Waals surface area contributed by atoms with E-state index in [1.54, 1.807) is 11.3 Å². The van der Waals surface area contributed by atoms with Crippen molar-refractivity contribution < 1.29 is 9.53 Å². The van der Waals surface area contributed by atoms with Gasteiger partial charge < -0.3 is 4.74 Å². The number of carbonyl (C=O) groups is 1. The average Bonchev–Trinajstić information content (AvgIpc) is 2.61. The first kappa shape index (κ1) is 12.7. The molecule has 1 aromatic rings. The standard InChI is InChI=1S/C10H14BrNO2S/c1-7(10(13)14-3)12(2)5-8-4-9(11)15-6-8/h4,6-7H,5H2,1-3H3. The maximum atomic E-state index is 11.3. The van der Waals surface area contributed by atoms with Crippen molar-refractivity contribution in [2.45, 2.75) is 19.5 Å². The maximum Gasteiger partial charge on any atom is 0.322 e. The molecule has 0 aromatic carbocycles. The highest BCUT2D eigenvalue weighted by Gasteiger charge is 2.18. The topological polar surface area (TPSA) is 29.5 Å². The van der Waals surface area contributed by atoms with Gasteiger partial charge in [-0.1, -0.05) is 0 Å². The Bertz CT molecular complexity index is 340. The second-order valence-corrected chi connectivity index (χ2v) is 5.66. The van der Waals surface area contributed by atoms with E-state index in [2.05, 4.69) is 32.1 Å². The first-order valence-electron chi connectivity index (χ1n) is 4.55. The number of nitrogens with zero attached hydrogens (tertiary/aromatic N) is 1. The Kier molecular flexibility index (Phi) is 4.76. The fourth-order valence-corrected chi connectivity index (χ4v) is 2.40. The number of hydrogen-bond acceptors (Lipinski definition) is 4. The molecule has 0 saturated heterocycles. The minimum Gasteiger partial charge on any atom is -0.468 e. The van der Waals surface area contributed by atoms with Crippen LogP contribution in [0.25, 0.3) is 0 Å². The van der Waals surface area contributed by atoms with Crippen molar-refractivity contribution in [3.8, 4) is 0 Å². The van der Waals surface area contributed by atoms with Crippen LogP contribution in [0.15, 0.2) is 15.2 Å². The zero-order valence-corrected chi connectivity index (χ0v) is 11.4. The second-order valence-electron chi connectivity index (χ2n) is 3.37. The third-order valence-electron chi connectivity index (χ3n) is 2.26. The van der Waals surface area contributed by atoms with E-state index in [4.69, 9.17) is 0 Å². The molecule has 1 unspecified atom stereocenters. The lowest BCUT2D eigenvalue weighted by molar-refractivity contribution is -0.145. The largest absolute Gasteiger partial charge is 0.468 e. The van der Waals surface area contributed by atoms with Crippen molar-refractivity contribution in [2.24, 2.45) is 0 Å². The Balaban J connectivity index is 2.55. The lowest BCUT2D eigenvalue weighted by atomic mass is 10.2. The minimum absolute atomic E-state index is 0.202. The van der Waals surface area contributed by atoms with E-state index >= 15 is 0 Å². The summed E-state index contributed by atoms with van der Waals surface area (Å²) in [5.74, 6) is -0.202. The van der Waals surface area contributed by atoms with Crippen molar-refractivity contribution in [3.63, 3.8) is 0 Å². The van der Waals surface area contributed by atoms with Crippen LogP contribution in [0, 0.1) is 0 Å². The first-order chi connectivity index (χ1) is 7.04. The summed E-state index contributed by atoms with van der Waals surface area (Å²) < 4.78 is 5.80. The molecule has 0 N–H and O–H groups in total. The predicted octanol–water partition coefficient (Wildman–Crippen LogP) is 2.50. The lowest BCUT2D eigenvalue weighted by Crippen LogP contribution is -2.36. The van der Waals surface area contributed by atoms with Crippen LogP contribution >= 0.6 is 27.3 Å². The van der Waals surface area contributed by atoms with E-state index < -0.39 is 0 Å². The number of rotatable bonds is 4. The Morgan fingerprint density at radius 2 is 2.40 bits per heavy atom. The molecule has 15 heavy (non-hydrogen) atoms. The van der Waals surface area contributed by atoms with E-state index in [0.717, 1.165) is 10.3 Å². The molecule has 0 aliphatic heterocycles. The van der Waals surface area contributed by atoms with Crippen LogP contribution in [0.1, 0.15) is 12.5 Å². The molecule has 0 fully saturated rings. The number of hydrogen-bond donors (Lipinski definition) is 0. The molecule has 0 saturated carbocycles. The minimum atomic E-state index is -0.214. The van der Waals surface area contributed by atoms with Crippen LogP contribution in [0.2, 0.25) is 0 Å². The quantitative estimate of drug-likeness (QED) is 0.799. The Morgan fingerprint density at radius 3 is 2.87 bits per heavy atom. The number of thiophene rings is 1. The monoisotopic (exact) mass is 291 g/mol. The Hall–Kier alpha value is -0.390. The molecule has 84 valence electrons. The number of likely N-dealkylation sites (N-methyl/N-ethyl adjacent to an activating group) is 1. The summed E-state index contributed by atoms with van der Waals surface area (Å²) in [4.78, 5) is 13.2. The van der Waals surface area contributed by atoms with Crippen molar-refractivity contribution in [1.82, 2.24) is 4.90 Å². The molecular formula is C10H14BrNO2S. The molecule has 0 amide bonds. The number of methoxy groups -OCH3 is 1. The van der Waals surface area contributed by atoms with Gasteiger partial charge in [0.15, 0.2) is 0 Å². The van der Waals surface area contributed by atoms with Crippen LogP contribution in [0.5, 0.6) is 0 Å². The van der Waals surface area contributed by atoms with E-state index in [-0.39, 0.29) is 12.0 Å². The molecule has 1 aromatic heterocycles. The zero-order valence-electron chi connectivity index (χ0n) is 8.99. The highest BCUT2D eigenvalue weighted by molar-refractivity contribution is 9.11. The van der Waals surface area contributed by atoms with E-state index in [9.17, 15) is 4.79 Å². The normalized spacial score (nSPS) is 12.9. The SMILES string of the molecule is COC(=O)C(C)N(C)Cc1csc(Br)c1. The average molecular weight is 292 g/mol. The van der Waals surface area contributed by atoms with Crippen molar-refractivity contribution >= 4 is 33.2 Å². The fourth-order valence-electron chi connectivity index (χ4n) is 1.20. The van der Waals surface area contributed by atoms with Gasteiger partial charge in [0, 0.05) is 6.54 Å². The van der Waals surface area contributed by atoms with Gasteiger partial charge in [-0.3, -0.25) is 9.69 Å². The van der Waals surface area contributed by atoms with Gasteiger partial charge in [-0.2, -0.15) is 0 Å². The third kappa shape index (κ3) is 3.59. The van der Waals surface area contributed by atoms with E-state index in [0.29, 0.717) is 0 Å². The summed E-state index contributed by atoms with van der Waals surface area (Å²) in [5, 5.41) is 2.07. The maximum absolute atomic E-state index is 11.3. The van der Waals surface area contributed by atoms with Crippen LogP contribution in [0.3, 0.4) is 0 Å². The number of halogens is 1. The number of ether oxygens (including phenoxy) is 1. The molecular weight excluding hydrogens is 278 g/mol. The molecule has 0 spiro atoms. The van der Waals surface area contributed by atoms with Gasteiger partial charge in [0.05, 0.1) is 10.9 Å². The summed E-state index contributed by atoms with van der Waals surface area (Å²) in [6.45, 7) is 2.59. The molecule has 0 aliphatic carbocycles. The van der Waals surface area contributed by atoms with Gasteiger partial charge in [0.1, 0.15) is 6.04 Å². The van der Waals surface area contributed by atoms with Gasteiger partial charge in [0.2, 0.25) is 0 Å². The van der Waals surface area contributed by atoms with E-state index in [1.807, 2.05) is 18.9 Å². The molecule has 1 rings (SSSR count). The Morgan fingerprint density at radius 1 is 1.73 bits per heavy atom. The van der Waals surface area contributed by atoms with Crippen molar-refractivity contribution in [1.29, 1.82) is 0 Å². The predicted molar refractivity (Wildman–Crippen MR) is 65.0 cm³/mol. The Labute approximate surface area is 102 Å². The third-order valence-corrected chi connectivity index (χ3v) is 3.81. The fraction of sp³-hybridized carbons (Fsp3) is 0.500. The van der Waals surface area contributed by atoms with Crippen molar-refractivity contribution in [3.05, 3.63) is 20.8 Å². The van der Waals surface area contributed by atoms with Gasteiger partial charge in [0.25, 0.3) is 0 Å². The molecule has 0 bridgehead atoms. The lowest BCUT2D eigenvalue weighted by Gasteiger charge is -2.21. The highest BCUT2D eigenvalue weighted by Crippen LogP contribution is 2.21. The number of esters is 1. The molecule has 1 atom stereocenters. The molecule has 0 radical (unpaired) electrons. The summed E-state index contributed by atoms with van der Waals surface area (Å²) in [6.07, 6.45) is 0. The second kappa shape index (κ2) is 5.63. The van der Waals surface area contributed by atoms with Crippen LogP contribution in [-0.2, 0) is 16.1 Å². The van der Waals surface area contributed by atoms with Crippen LogP contribution < -0.4 is 0 Å². The van der Waals surface area contributed by atoms with Crippen molar-refractivity contribution in [2.75, 3.05) is 14.2 Å². The van der Waals surface area contributed by atoms with Crippen LogP contribution in [-0.4, -0.2) is 31.1 Å². The number of carbonyl (C=O) groups excluding carboxylic acids is 1. The summed E-state index contributed by atoms with van der Waals surface area (Å²) >= 11 is 5.06. The molecule has 0 aliphatic rings. The van der Waals surface area contributed by atoms with E-state index in [1.165, 1.54) is 12.7 Å². The summed E-state index contributed by atoms with van der Waals surface area (Å²) in [6, 6.07) is 1.85. The van der Waals surface area contributed by atoms with Crippen LogP contribution in [0.4, 0.5) is 0 Å². The van der Waals surface area contributed by atoms with Gasteiger partial charge >= 0.3 is 5.97 Å². The molecule has 1 heterocycles. The zero-order chi connectivity index (χ0) is 11.4. The summed E-state index contributed by atoms with van der Waals surface area (Å²) in [5.41, 5.74) is 1.20. The molecule has 5 heteroatoms. The molecule has 3 nitrogen and oxygen atoms in total. The van der Waals surface area contributed by atoms with Gasteiger partial charge in [-0.25, -0.2) is 0 Å². The van der Waals surface area contributed by atoms with Gasteiger partial charge in [-0.05, 0) is 46.9 Å².